The van der Waals surface area contributed by atoms with E-state index in [-0.39, 0.29) is 0 Å². The highest BCUT2D eigenvalue weighted by molar-refractivity contribution is 4.93. The van der Waals surface area contributed by atoms with E-state index in [1.807, 2.05) is 7.05 Å². The van der Waals surface area contributed by atoms with Crippen molar-refractivity contribution < 1.29 is 0 Å². The van der Waals surface area contributed by atoms with E-state index in [1.165, 1.54) is 0 Å². The van der Waals surface area contributed by atoms with Gasteiger partial charge in [-0.2, -0.15) is 0 Å². The minimum atomic E-state index is 0.574. The third-order valence-corrected chi connectivity index (χ3v) is 2.60. The van der Waals surface area contributed by atoms with Gasteiger partial charge in [-0.15, -0.1) is 5.10 Å². The molecule has 1 aromatic rings. The van der Waals surface area contributed by atoms with E-state index in [9.17, 15) is 0 Å². The summed E-state index contributed by atoms with van der Waals surface area (Å²) in [6.45, 7) is 7.53. The van der Waals surface area contributed by atoms with Crippen LogP contribution >= 0.6 is 0 Å². The lowest BCUT2D eigenvalue weighted by Gasteiger charge is -2.20. The molecule has 0 aliphatic rings. The predicted octanol–water partition coefficient (Wildman–Crippen LogP) is 1.34. The average molecular weight is 196 g/mol. The van der Waals surface area contributed by atoms with Crippen LogP contribution in [0.2, 0.25) is 0 Å². The molecular formula is C10H20N4. The third-order valence-electron chi connectivity index (χ3n) is 2.60. The van der Waals surface area contributed by atoms with Crippen LogP contribution < -0.4 is 5.32 Å². The second-order valence-electron chi connectivity index (χ2n) is 3.99. The van der Waals surface area contributed by atoms with Gasteiger partial charge in [0.05, 0.1) is 11.9 Å². The standard InChI is InChI=1S/C10H20N4/c1-5-10(8(2)3)11-6-9-7-12-13-14(9)4/h7-8,10-11H,5-6H2,1-4H3. The maximum Gasteiger partial charge on any atom is 0.0738 e. The van der Waals surface area contributed by atoms with Gasteiger partial charge in [0.25, 0.3) is 0 Å². The first-order chi connectivity index (χ1) is 6.65. The molecule has 0 aliphatic carbocycles. The Labute approximate surface area is 85.7 Å². The Morgan fingerprint density at radius 1 is 1.50 bits per heavy atom. The molecular weight excluding hydrogens is 176 g/mol. The normalized spacial score (nSPS) is 13.5. The zero-order valence-corrected chi connectivity index (χ0v) is 9.49. The molecule has 1 N–H and O–H groups in total. The second-order valence-corrected chi connectivity index (χ2v) is 3.99. The van der Waals surface area contributed by atoms with Gasteiger partial charge in [-0.05, 0) is 12.3 Å². The molecule has 14 heavy (non-hydrogen) atoms. The fourth-order valence-corrected chi connectivity index (χ4v) is 1.56. The van der Waals surface area contributed by atoms with Gasteiger partial charge in [0.15, 0.2) is 0 Å². The van der Waals surface area contributed by atoms with Crippen LogP contribution in [-0.2, 0) is 13.6 Å². The Bertz CT molecular complexity index is 267. The summed E-state index contributed by atoms with van der Waals surface area (Å²) in [5.74, 6) is 0.668. The average Bonchev–Trinajstić information content (AvgIpc) is 2.52. The molecule has 1 rings (SSSR count). The molecule has 1 heterocycles. The summed E-state index contributed by atoms with van der Waals surface area (Å²) >= 11 is 0. The van der Waals surface area contributed by atoms with Crippen LogP contribution in [0.4, 0.5) is 0 Å². The summed E-state index contributed by atoms with van der Waals surface area (Å²) in [5, 5.41) is 11.2. The molecule has 0 saturated carbocycles. The lowest BCUT2D eigenvalue weighted by Crippen LogP contribution is -2.33. The lowest BCUT2D eigenvalue weighted by molar-refractivity contribution is 0.382. The monoisotopic (exact) mass is 196 g/mol. The summed E-state index contributed by atoms with van der Waals surface area (Å²) in [6.07, 6.45) is 2.96. The first-order valence-electron chi connectivity index (χ1n) is 5.22. The van der Waals surface area contributed by atoms with E-state index in [0.29, 0.717) is 12.0 Å². The molecule has 0 radical (unpaired) electrons. The van der Waals surface area contributed by atoms with Crippen molar-refractivity contribution in [2.45, 2.75) is 39.8 Å². The molecule has 0 amide bonds. The molecule has 80 valence electrons. The minimum Gasteiger partial charge on any atom is -0.308 e. The van der Waals surface area contributed by atoms with Crippen molar-refractivity contribution in [1.82, 2.24) is 20.3 Å². The van der Waals surface area contributed by atoms with E-state index in [1.54, 1.807) is 10.9 Å². The van der Waals surface area contributed by atoms with Crippen LogP contribution in [0.5, 0.6) is 0 Å². The van der Waals surface area contributed by atoms with Crippen LogP contribution in [0.3, 0.4) is 0 Å². The number of aryl methyl sites for hydroxylation is 1. The molecule has 4 heteroatoms. The van der Waals surface area contributed by atoms with Crippen molar-refractivity contribution in [1.29, 1.82) is 0 Å². The molecule has 0 spiro atoms. The Balaban J connectivity index is 2.43. The van der Waals surface area contributed by atoms with E-state index < -0.39 is 0 Å². The summed E-state index contributed by atoms with van der Waals surface area (Å²) in [6, 6.07) is 0.574. The van der Waals surface area contributed by atoms with Crippen molar-refractivity contribution in [2.24, 2.45) is 13.0 Å². The number of hydrogen-bond acceptors (Lipinski definition) is 3. The van der Waals surface area contributed by atoms with Crippen molar-refractivity contribution in [3.8, 4) is 0 Å². The fraction of sp³-hybridized carbons (Fsp3) is 0.800. The summed E-state index contributed by atoms with van der Waals surface area (Å²) in [4.78, 5) is 0. The van der Waals surface area contributed by atoms with Crippen LogP contribution in [0.1, 0.15) is 32.9 Å². The fourth-order valence-electron chi connectivity index (χ4n) is 1.56. The number of nitrogens with zero attached hydrogens (tertiary/aromatic N) is 3. The van der Waals surface area contributed by atoms with Crippen LogP contribution in [0, 0.1) is 5.92 Å². The Morgan fingerprint density at radius 3 is 2.64 bits per heavy atom. The van der Waals surface area contributed by atoms with Gasteiger partial charge in [-0.1, -0.05) is 26.0 Å². The molecule has 0 bridgehead atoms. The van der Waals surface area contributed by atoms with Gasteiger partial charge in [0.2, 0.25) is 0 Å². The summed E-state index contributed by atoms with van der Waals surface area (Å²) < 4.78 is 1.81. The topological polar surface area (TPSA) is 42.7 Å². The number of rotatable bonds is 5. The number of nitrogens with one attached hydrogen (secondary N) is 1. The summed E-state index contributed by atoms with van der Waals surface area (Å²) in [7, 11) is 1.92. The minimum absolute atomic E-state index is 0.574. The van der Waals surface area contributed by atoms with E-state index >= 15 is 0 Å². The SMILES string of the molecule is CCC(NCc1cnnn1C)C(C)C. The zero-order valence-electron chi connectivity index (χ0n) is 9.49. The molecule has 0 aliphatic heterocycles. The molecule has 4 nitrogen and oxygen atoms in total. The lowest BCUT2D eigenvalue weighted by atomic mass is 10.0. The van der Waals surface area contributed by atoms with E-state index in [0.717, 1.165) is 18.7 Å². The number of hydrogen-bond donors (Lipinski definition) is 1. The van der Waals surface area contributed by atoms with Gasteiger partial charge in [0.1, 0.15) is 0 Å². The first-order valence-corrected chi connectivity index (χ1v) is 5.22. The molecule has 1 unspecified atom stereocenters. The molecule has 0 saturated heterocycles. The molecule has 0 fully saturated rings. The number of aromatic nitrogens is 3. The van der Waals surface area contributed by atoms with Crippen molar-refractivity contribution in [3.63, 3.8) is 0 Å². The van der Waals surface area contributed by atoms with Crippen LogP contribution in [0.25, 0.3) is 0 Å². The largest absolute Gasteiger partial charge is 0.308 e. The highest BCUT2D eigenvalue weighted by atomic mass is 15.4. The molecule has 0 aromatic carbocycles. The van der Waals surface area contributed by atoms with Crippen molar-refractivity contribution >= 4 is 0 Å². The Kier molecular flexibility index (Phi) is 4.07. The highest BCUT2D eigenvalue weighted by Crippen LogP contribution is 2.06. The molecule has 1 aromatic heterocycles. The van der Waals surface area contributed by atoms with Gasteiger partial charge in [-0.25, -0.2) is 0 Å². The molecule has 1 atom stereocenters. The third kappa shape index (κ3) is 2.80. The Hall–Kier alpha value is -0.900. The first kappa shape index (κ1) is 11.2. The van der Waals surface area contributed by atoms with Crippen molar-refractivity contribution in [2.75, 3.05) is 0 Å². The van der Waals surface area contributed by atoms with Gasteiger partial charge >= 0.3 is 0 Å². The van der Waals surface area contributed by atoms with Gasteiger partial charge in [-0.3, -0.25) is 4.68 Å². The predicted molar refractivity (Wildman–Crippen MR) is 56.8 cm³/mol. The van der Waals surface area contributed by atoms with Crippen molar-refractivity contribution in [3.05, 3.63) is 11.9 Å². The van der Waals surface area contributed by atoms with Gasteiger partial charge < -0.3 is 5.32 Å². The van der Waals surface area contributed by atoms with Gasteiger partial charge in [0, 0.05) is 19.6 Å². The van der Waals surface area contributed by atoms with E-state index in [4.69, 9.17) is 0 Å². The highest BCUT2D eigenvalue weighted by Gasteiger charge is 2.10. The zero-order chi connectivity index (χ0) is 10.6. The maximum absolute atomic E-state index is 3.89. The second kappa shape index (κ2) is 5.10. The quantitative estimate of drug-likeness (QED) is 0.772. The smallest absolute Gasteiger partial charge is 0.0738 e. The Morgan fingerprint density at radius 2 is 2.21 bits per heavy atom. The summed E-state index contributed by atoms with van der Waals surface area (Å²) in [5.41, 5.74) is 1.13. The van der Waals surface area contributed by atoms with E-state index in [2.05, 4.69) is 36.4 Å². The van der Waals surface area contributed by atoms with Crippen LogP contribution in [-0.4, -0.2) is 21.0 Å². The van der Waals surface area contributed by atoms with Crippen LogP contribution in [0.15, 0.2) is 6.20 Å². The maximum atomic E-state index is 3.89.